The zero-order valence-electron chi connectivity index (χ0n) is 14.3. The van der Waals surface area contributed by atoms with Gasteiger partial charge in [-0.05, 0) is 32.8 Å². The van der Waals surface area contributed by atoms with Gasteiger partial charge in [-0.1, -0.05) is 5.10 Å². The second kappa shape index (κ2) is 6.60. The van der Waals surface area contributed by atoms with E-state index in [2.05, 4.69) is 15.5 Å². The van der Waals surface area contributed by atoms with Crippen molar-refractivity contribution < 1.29 is 22.0 Å². The SMILES string of the molecule is Cc1cc(-c2nnc(NC(=O)C3CCN(S(C)(=O)=O)CC3)o2)c(C)o1. The van der Waals surface area contributed by atoms with Crippen LogP contribution in [0.4, 0.5) is 6.01 Å². The lowest BCUT2D eigenvalue weighted by Gasteiger charge is -2.28. The van der Waals surface area contributed by atoms with Crippen LogP contribution in [0.5, 0.6) is 0 Å². The highest BCUT2D eigenvalue weighted by Gasteiger charge is 2.29. The minimum atomic E-state index is -3.21. The molecule has 10 heteroatoms. The summed E-state index contributed by atoms with van der Waals surface area (Å²) in [6, 6.07) is 1.80. The van der Waals surface area contributed by atoms with Crippen LogP contribution in [0.2, 0.25) is 0 Å². The van der Waals surface area contributed by atoms with Crippen molar-refractivity contribution in [2.45, 2.75) is 26.7 Å². The maximum atomic E-state index is 12.3. The van der Waals surface area contributed by atoms with Gasteiger partial charge in [0.1, 0.15) is 11.5 Å². The fourth-order valence-electron chi connectivity index (χ4n) is 2.88. The summed E-state index contributed by atoms with van der Waals surface area (Å²) in [6.07, 6.45) is 2.09. The molecular formula is C15H20N4O5S. The van der Waals surface area contributed by atoms with E-state index in [1.165, 1.54) is 10.6 Å². The molecular weight excluding hydrogens is 348 g/mol. The fraction of sp³-hybridized carbons (Fsp3) is 0.533. The van der Waals surface area contributed by atoms with E-state index < -0.39 is 10.0 Å². The van der Waals surface area contributed by atoms with Crippen molar-refractivity contribution >= 4 is 21.9 Å². The van der Waals surface area contributed by atoms with Crippen LogP contribution in [0.1, 0.15) is 24.4 Å². The molecule has 1 N–H and O–H groups in total. The lowest BCUT2D eigenvalue weighted by atomic mass is 9.97. The number of hydrogen-bond acceptors (Lipinski definition) is 7. The summed E-state index contributed by atoms with van der Waals surface area (Å²) < 4.78 is 35.3. The van der Waals surface area contributed by atoms with Crippen molar-refractivity contribution in [2.75, 3.05) is 24.7 Å². The smallest absolute Gasteiger partial charge is 0.322 e. The number of aromatic nitrogens is 2. The second-order valence-corrected chi connectivity index (χ2v) is 8.15. The number of anilines is 1. The lowest BCUT2D eigenvalue weighted by molar-refractivity contribution is -0.121. The van der Waals surface area contributed by atoms with E-state index in [1.807, 2.05) is 6.92 Å². The van der Waals surface area contributed by atoms with Crippen molar-refractivity contribution in [3.8, 4) is 11.5 Å². The molecule has 1 aliphatic heterocycles. The normalized spacial score (nSPS) is 16.9. The number of carbonyl (C=O) groups is 1. The molecule has 3 heterocycles. The van der Waals surface area contributed by atoms with Gasteiger partial charge in [0.15, 0.2) is 0 Å². The summed E-state index contributed by atoms with van der Waals surface area (Å²) in [4.78, 5) is 12.3. The van der Waals surface area contributed by atoms with Crippen molar-refractivity contribution in [1.29, 1.82) is 0 Å². The number of nitrogens with one attached hydrogen (secondary N) is 1. The Morgan fingerprint density at radius 3 is 2.48 bits per heavy atom. The molecule has 0 unspecified atom stereocenters. The van der Waals surface area contributed by atoms with E-state index in [-0.39, 0.29) is 23.7 Å². The standard InChI is InChI=1S/C15H20N4O5S/c1-9-8-12(10(2)23-9)14-17-18-15(24-14)16-13(20)11-4-6-19(7-5-11)25(3,21)22/h8,11H,4-7H2,1-3H3,(H,16,18,20). The number of amides is 1. The monoisotopic (exact) mass is 368 g/mol. The number of aryl methyl sites for hydroxylation is 2. The van der Waals surface area contributed by atoms with Crippen LogP contribution in [0.15, 0.2) is 14.9 Å². The van der Waals surface area contributed by atoms with E-state index >= 15 is 0 Å². The Morgan fingerprint density at radius 1 is 1.24 bits per heavy atom. The van der Waals surface area contributed by atoms with Crippen LogP contribution in [-0.4, -0.2) is 48.2 Å². The van der Waals surface area contributed by atoms with Crippen LogP contribution < -0.4 is 5.32 Å². The third-order valence-electron chi connectivity index (χ3n) is 4.22. The number of furan rings is 1. The molecule has 0 saturated carbocycles. The minimum Gasteiger partial charge on any atom is -0.466 e. The average molecular weight is 368 g/mol. The molecule has 2 aromatic rings. The Bertz CT molecular complexity index is 878. The summed E-state index contributed by atoms with van der Waals surface area (Å²) >= 11 is 0. The van der Waals surface area contributed by atoms with Gasteiger partial charge in [0.25, 0.3) is 5.89 Å². The van der Waals surface area contributed by atoms with Gasteiger partial charge in [-0.25, -0.2) is 12.7 Å². The first-order valence-corrected chi connectivity index (χ1v) is 9.76. The molecule has 0 radical (unpaired) electrons. The first-order chi connectivity index (χ1) is 11.7. The number of piperidine rings is 1. The molecule has 1 amide bonds. The molecule has 0 aliphatic carbocycles. The topological polar surface area (TPSA) is 119 Å². The van der Waals surface area contributed by atoms with Crippen LogP contribution in [-0.2, 0) is 14.8 Å². The molecule has 2 aromatic heterocycles. The van der Waals surface area contributed by atoms with E-state index in [0.29, 0.717) is 37.3 Å². The third kappa shape index (κ3) is 3.90. The minimum absolute atomic E-state index is 0.0174. The maximum absolute atomic E-state index is 12.3. The summed E-state index contributed by atoms with van der Waals surface area (Å²) in [5.74, 6) is 1.13. The Morgan fingerprint density at radius 2 is 1.92 bits per heavy atom. The quantitative estimate of drug-likeness (QED) is 0.869. The predicted octanol–water partition coefficient (Wildman–Crippen LogP) is 1.56. The van der Waals surface area contributed by atoms with Crippen molar-refractivity contribution in [3.63, 3.8) is 0 Å². The second-order valence-electron chi connectivity index (χ2n) is 6.16. The van der Waals surface area contributed by atoms with Crippen LogP contribution in [0.25, 0.3) is 11.5 Å². The van der Waals surface area contributed by atoms with Gasteiger partial charge in [0.2, 0.25) is 15.9 Å². The Hall–Kier alpha value is -2.20. The number of hydrogen-bond donors (Lipinski definition) is 1. The van der Waals surface area contributed by atoms with Gasteiger partial charge in [0.05, 0.1) is 11.8 Å². The van der Waals surface area contributed by atoms with Gasteiger partial charge < -0.3 is 8.83 Å². The predicted molar refractivity (Wildman–Crippen MR) is 89.2 cm³/mol. The third-order valence-corrected chi connectivity index (χ3v) is 5.52. The highest BCUT2D eigenvalue weighted by molar-refractivity contribution is 7.88. The zero-order chi connectivity index (χ0) is 18.2. The van der Waals surface area contributed by atoms with Crippen molar-refractivity contribution in [2.24, 2.45) is 5.92 Å². The fourth-order valence-corrected chi connectivity index (χ4v) is 3.76. The maximum Gasteiger partial charge on any atom is 0.322 e. The van der Waals surface area contributed by atoms with Crippen molar-refractivity contribution in [3.05, 3.63) is 17.6 Å². The van der Waals surface area contributed by atoms with E-state index in [9.17, 15) is 13.2 Å². The van der Waals surface area contributed by atoms with Crippen LogP contribution in [0.3, 0.4) is 0 Å². The zero-order valence-corrected chi connectivity index (χ0v) is 15.1. The van der Waals surface area contributed by atoms with Crippen LogP contribution >= 0.6 is 0 Å². The average Bonchev–Trinajstić information content (AvgIpc) is 3.12. The number of carbonyl (C=O) groups excluding carboxylic acids is 1. The molecule has 25 heavy (non-hydrogen) atoms. The largest absolute Gasteiger partial charge is 0.466 e. The first kappa shape index (κ1) is 17.6. The number of sulfonamides is 1. The highest BCUT2D eigenvalue weighted by Crippen LogP contribution is 2.27. The molecule has 1 saturated heterocycles. The van der Waals surface area contributed by atoms with Gasteiger partial charge in [0, 0.05) is 19.0 Å². The summed E-state index contributed by atoms with van der Waals surface area (Å²) in [7, 11) is -3.21. The Labute approximate surface area is 145 Å². The van der Waals surface area contributed by atoms with E-state index in [0.717, 1.165) is 5.76 Å². The molecule has 136 valence electrons. The highest BCUT2D eigenvalue weighted by atomic mass is 32.2. The molecule has 0 aromatic carbocycles. The summed E-state index contributed by atoms with van der Waals surface area (Å²) in [6.45, 7) is 4.28. The molecule has 1 aliphatic rings. The lowest BCUT2D eigenvalue weighted by Crippen LogP contribution is -2.40. The molecule has 9 nitrogen and oxygen atoms in total. The molecule has 3 rings (SSSR count). The van der Waals surface area contributed by atoms with Crippen molar-refractivity contribution in [1.82, 2.24) is 14.5 Å². The number of nitrogens with zero attached hydrogens (tertiary/aromatic N) is 3. The van der Waals surface area contributed by atoms with Gasteiger partial charge in [-0.15, -0.1) is 5.10 Å². The first-order valence-electron chi connectivity index (χ1n) is 7.91. The van der Waals surface area contributed by atoms with E-state index in [1.54, 1.807) is 13.0 Å². The molecule has 0 atom stereocenters. The van der Waals surface area contributed by atoms with E-state index in [4.69, 9.17) is 8.83 Å². The summed E-state index contributed by atoms with van der Waals surface area (Å²) in [5, 5.41) is 10.4. The van der Waals surface area contributed by atoms with Gasteiger partial charge in [-0.3, -0.25) is 10.1 Å². The Balaban J connectivity index is 1.62. The molecule has 0 bridgehead atoms. The van der Waals surface area contributed by atoms with Gasteiger partial charge in [-0.2, -0.15) is 0 Å². The van der Waals surface area contributed by atoms with Gasteiger partial charge >= 0.3 is 6.01 Å². The number of rotatable bonds is 4. The summed E-state index contributed by atoms with van der Waals surface area (Å²) in [5.41, 5.74) is 0.687. The Kier molecular flexibility index (Phi) is 4.65. The van der Waals surface area contributed by atoms with Crippen LogP contribution in [0, 0.1) is 19.8 Å². The molecule has 0 spiro atoms. The molecule has 1 fully saturated rings.